The highest BCUT2D eigenvalue weighted by Gasteiger charge is 2.36. The lowest BCUT2D eigenvalue weighted by Crippen LogP contribution is -2.48. The minimum absolute atomic E-state index is 0.0601. The Morgan fingerprint density at radius 3 is 2.81 bits per heavy atom. The zero-order valence-electron chi connectivity index (χ0n) is 20.2. The number of benzene rings is 1. The van der Waals surface area contributed by atoms with Gasteiger partial charge in [-0.05, 0) is 31.9 Å². The Morgan fingerprint density at radius 2 is 2.11 bits per heavy atom. The summed E-state index contributed by atoms with van der Waals surface area (Å²) in [6.07, 6.45) is 3.64. The van der Waals surface area contributed by atoms with Crippen LogP contribution >= 0.6 is 11.3 Å². The first kappa shape index (κ1) is 25.3. The van der Waals surface area contributed by atoms with Crippen molar-refractivity contribution in [2.45, 2.75) is 55.0 Å². The first-order valence-electron chi connectivity index (χ1n) is 12.3. The van der Waals surface area contributed by atoms with Crippen LogP contribution in [0.3, 0.4) is 0 Å². The first-order valence-corrected chi connectivity index (χ1v) is 14.6. The van der Waals surface area contributed by atoms with Crippen molar-refractivity contribution in [3.05, 3.63) is 40.9 Å². The summed E-state index contributed by atoms with van der Waals surface area (Å²) in [5.41, 5.74) is 0.526. The van der Waals surface area contributed by atoms with Crippen LogP contribution in [0, 0.1) is 0 Å². The van der Waals surface area contributed by atoms with Crippen molar-refractivity contribution in [3.8, 4) is 0 Å². The molecule has 3 heterocycles. The third-order valence-corrected chi connectivity index (χ3v) is 9.60. The minimum Gasteiger partial charge on any atom is -0.389 e. The quantitative estimate of drug-likeness (QED) is 0.371. The Hall–Kier alpha value is -2.38. The van der Waals surface area contributed by atoms with Gasteiger partial charge >= 0.3 is 0 Å². The van der Waals surface area contributed by atoms with Crippen LogP contribution in [0.25, 0.3) is 0 Å². The van der Waals surface area contributed by atoms with E-state index in [9.17, 15) is 13.2 Å². The second kappa shape index (κ2) is 10.9. The van der Waals surface area contributed by atoms with Gasteiger partial charge in [0.2, 0.25) is 0 Å². The van der Waals surface area contributed by atoms with Crippen LogP contribution in [-0.2, 0) is 30.8 Å². The van der Waals surface area contributed by atoms with E-state index in [-0.39, 0.29) is 22.0 Å². The number of oxime groups is 1. The predicted molar refractivity (Wildman–Crippen MR) is 137 cm³/mol. The first-order chi connectivity index (χ1) is 17.4. The number of sulfone groups is 1. The van der Waals surface area contributed by atoms with Gasteiger partial charge in [0, 0.05) is 55.3 Å². The maximum Gasteiger partial charge on any atom is 0.280 e. The molecule has 36 heavy (non-hydrogen) atoms. The number of hydrogen-bond acceptors (Lipinski definition) is 10. The van der Waals surface area contributed by atoms with E-state index >= 15 is 0 Å². The van der Waals surface area contributed by atoms with Gasteiger partial charge in [-0.2, -0.15) is 0 Å². The Morgan fingerprint density at radius 1 is 1.31 bits per heavy atom. The number of hydrogen-bond donors (Lipinski definition) is 2. The molecule has 0 unspecified atom stereocenters. The van der Waals surface area contributed by atoms with Gasteiger partial charge in [0.1, 0.15) is 0 Å². The fourth-order valence-corrected chi connectivity index (χ4v) is 6.80. The highest BCUT2D eigenvalue weighted by Crippen LogP contribution is 2.33. The zero-order valence-corrected chi connectivity index (χ0v) is 21.8. The van der Waals surface area contributed by atoms with Gasteiger partial charge < -0.3 is 14.9 Å². The molecular weight excluding hydrogens is 502 g/mol. The van der Waals surface area contributed by atoms with E-state index in [1.807, 2.05) is 0 Å². The van der Waals surface area contributed by atoms with Crippen LogP contribution in [0.5, 0.6) is 0 Å². The number of carbonyl (C=O) groups excluding carboxylic acids is 1. The summed E-state index contributed by atoms with van der Waals surface area (Å²) in [7, 11) is -3.32. The van der Waals surface area contributed by atoms with Crippen molar-refractivity contribution >= 4 is 37.9 Å². The Bertz CT molecular complexity index is 1200. The van der Waals surface area contributed by atoms with E-state index in [2.05, 4.69) is 32.6 Å². The van der Waals surface area contributed by atoms with Gasteiger partial charge in [-0.1, -0.05) is 17.3 Å². The lowest BCUT2D eigenvalue weighted by atomic mass is 10.1. The molecule has 0 spiro atoms. The molecule has 1 amide bonds. The molecular formula is C24H31N5O5S2. The Kier molecular flexibility index (Phi) is 7.68. The number of piperazine rings is 1. The number of ether oxygens (including phenoxy) is 1. The molecule has 2 aromatic rings. The minimum atomic E-state index is -3.32. The molecule has 0 bridgehead atoms. The number of nitrogens with one attached hydrogen (secondary N) is 2. The number of anilines is 1. The van der Waals surface area contributed by atoms with Crippen LogP contribution < -0.4 is 10.6 Å². The van der Waals surface area contributed by atoms with E-state index in [0.29, 0.717) is 49.2 Å². The van der Waals surface area contributed by atoms with E-state index < -0.39 is 15.7 Å². The molecule has 194 valence electrons. The fourth-order valence-electron chi connectivity index (χ4n) is 4.29. The molecule has 3 aliphatic rings. The van der Waals surface area contributed by atoms with Crippen molar-refractivity contribution in [2.24, 2.45) is 5.16 Å². The lowest BCUT2D eigenvalue weighted by Gasteiger charge is -2.31. The molecule has 1 saturated carbocycles. The molecule has 0 radical (unpaired) electrons. The summed E-state index contributed by atoms with van der Waals surface area (Å²) in [5.74, 6) is -0.469. The molecule has 5 rings (SSSR count). The van der Waals surface area contributed by atoms with E-state index in [1.54, 1.807) is 18.3 Å². The molecule has 1 aromatic carbocycles. The van der Waals surface area contributed by atoms with Crippen LogP contribution in [0.2, 0.25) is 0 Å². The van der Waals surface area contributed by atoms with Gasteiger partial charge in [-0.3, -0.25) is 15.0 Å². The average molecular weight is 534 g/mol. The predicted octanol–water partition coefficient (Wildman–Crippen LogP) is 2.02. The highest BCUT2D eigenvalue weighted by atomic mass is 32.2. The summed E-state index contributed by atoms with van der Waals surface area (Å²) in [6, 6.07) is 6.70. The van der Waals surface area contributed by atoms with Crippen molar-refractivity contribution < 1.29 is 22.8 Å². The van der Waals surface area contributed by atoms with Crippen LogP contribution in [0.4, 0.5) is 5.13 Å². The van der Waals surface area contributed by atoms with Crippen LogP contribution in [-0.4, -0.2) is 80.2 Å². The summed E-state index contributed by atoms with van der Waals surface area (Å²) >= 11 is 1.43. The standard InChI is InChI=1S/C24H31N5O5S2/c1-16-13-29(10-9-25-16)14-19-12-26-24(35-19)27-23(30)22(28-34-18-8-11-33-15-18)17-2-4-20(5-3-17)36(31,32)21-6-7-21/h2-5,12,16,18,21,25H,6-11,13-15H2,1H3,(H,26,27,30)/b28-22+/t16-,18-/m1/s1. The topological polar surface area (TPSA) is 122 Å². The molecule has 2 aliphatic heterocycles. The number of amides is 1. The number of thiazole rings is 1. The van der Waals surface area contributed by atoms with Crippen molar-refractivity contribution in [1.82, 2.24) is 15.2 Å². The molecule has 3 fully saturated rings. The van der Waals surface area contributed by atoms with Gasteiger partial charge in [0.25, 0.3) is 5.91 Å². The molecule has 10 nitrogen and oxygen atoms in total. The summed E-state index contributed by atoms with van der Waals surface area (Å²) in [4.78, 5) is 26.9. The molecule has 2 saturated heterocycles. The average Bonchev–Trinajstić information content (AvgIpc) is 3.44. The normalized spacial score (nSPS) is 23.5. The van der Waals surface area contributed by atoms with Crippen molar-refractivity contribution in [1.29, 1.82) is 0 Å². The Balaban J connectivity index is 1.30. The van der Waals surface area contributed by atoms with Gasteiger partial charge in [0.15, 0.2) is 26.8 Å². The third-order valence-electron chi connectivity index (χ3n) is 6.42. The lowest BCUT2D eigenvalue weighted by molar-refractivity contribution is -0.110. The van der Waals surface area contributed by atoms with E-state index in [4.69, 9.17) is 9.57 Å². The van der Waals surface area contributed by atoms with Gasteiger partial charge in [-0.25, -0.2) is 13.4 Å². The van der Waals surface area contributed by atoms with Crippen molar-refractivity contribution in [3.63, 3.8) is 0 Å². The summed E-state index contributed by atoms with van der Waals surface area (Å²) in [5, 5.41) is 10.6. The highest BCUT2D eigenvalue weighted by molar-refractivity contribution is 7.92. The number of rotatable bonds is 9. The van der Waals surface area contributed by atoms with E-state index in [1.165, 1.54) is 23.5 Å². The summed E-state index contributed by atoms with van der Waals surface area (Å²) < 4.78 is 30.4. The summed E-state index contributed by atoms with van der Waals surface area (Å²) in [6.45, 7) is 6.83. The smallest absolute Gasteiger partial charge is 0.280 e. The third kappa shape index (κ3) is 6.12. The van der Waals surface area contributed by atoms with Crippen LogP contribution in [0.1, 0.15) is 36.6 Å². The van der Waals surface area contributed by atoms with Gasteiger partial charge in [0.05, 0.1) is 23.4 Å². The van der Waals surface area contributed by atoms with Crippen molar-refractivity contribution in [2.75, 3.05) is 38.2 Å². The largest absolute Gasteiger partial charge is 0.389 e. The molecule has 2 N–H and O–H groups in total. The monoisotopic (exact) mass is 533 g/mol. The zero-order chi connectivity index (χ0) is 25.1. The second-order valence-corrected chi connectivity index (χ2v) is 12.8. The second-order valence-electron chi connectivity index (χ2n) is 9.48. The molecule has 2 atom stereocenters. The SMILES string of the molecule is C[C@@H]1CN(Cc2cnc(NC(=O)/C(=N/O[C@@H]3CCOC3)c3ccc(S(=O)(=O)C4CC4)cc3)s2)CCN1. The fraction of sp³-hybridized carbons (Fsp3) is 0.542. The number of aromatic nitrogens is 1. The van der Waals surface area contributed by atoms with Crippen LogP contribution in [0.15, 0.2) is 40.5 Å². The number of nitrogens with zero attached hydrogens (tertiary/aromatic N) is 3. The Labute approximate surface area is 215 Å². The number of carbonyl (C=O) groups is 1. The molecule has 12 heteroatoms. The molecule has 1 aromatic heterocycles. The molecule has 1 aliphatic carbocycles. The maximum absolute atomic E-state index is 13.2. The van der Waals surface area contributed by atoms with E-state index in [0.717, 1.165) is 31.1 Å². The maximum atomic E-state index is 13.2. The van der Waals surface area contributed by atoms with Gasteiger partial charge in [-0.15, -0.1) is 11.3 Å².